The highest BCUT2D eigenvalue weighted by atomic mass is 16.4. The average Bonchev–Trinajstić information content (AvgIpc) is 2.14. The topological polar surface area (TPSA) is 61.8 Å². The summed E-state index contributed by atoms with van der Waals surface area (Å²) >= 11 is 0. The maximum Gasteiger partial charge on any atom is 0.140 e. The van der Waals surface area contributed by atoms with Crippen molar-refractivity contribution in [2.45, 2.75) is 33.1 Å². The largest absolute Gasteiger partial charge is 0.409 e. The van der Waals surface area contributed by atoms with Crippen LogP contribution in [0.25, 0.3) is 0 Å². The van der Waals surface area contributed by atoms with E-state index in [4.69, 9.17) is 10.9 Å². The van der Waals surface area contributed by atoms with Gasteiger partial charge in [-0.15, -0.1) is 0 Å². The first-order valence-electron chi connectivity index (χ1n) is 4.93. The molecule has 0 aromatic heterocycles. The maximum atomic E-state index is 8.35. The van der Waals surface area contributed by atoms with Crippen LogP contribution in [0.5, 0.6) is 0 Å². The van der Waals surface area contributed by atoms with Crippen molar-refractivity contribution in [3.63, 3.8) is 0 Å². The van der Waals surface area contributed by atoms with E-state index in [2.05, 4.69) is 23.9 Å². The van der Waals surface area contributed by atoms with Crippen molar-refractivity contribution in [3.05, 3.63) is 0 Å². The lowest BCUT2D eigenvalue weighted by molar-refractivity contribution is 0.278. The molecule has 0 amide bonds. The Kier molecular flexibility index (Phi) is 7.39. The summed E-state index contributed by atoms with van der Waals surface area (Å²) in [6.07, 6.45) is 2.95. The molecule has 0 heterocycles. The molecule has 3 N–H and O–H groups in total. The lowest BCUT2D eigenvalue weighted by Crippen LogP contribution is -2.29. The smallest absolute Gasteiger partial charge is 0.140 e. The van der Waals surface area contributed by atoms with Gasteiger partial charge in [-0.3, -0.25) is 0 Å². The number of hydrogen-bond acceptors (Lipinski definition) is 3. The molecule has 0 saturated carbocycles. The predicted molar refractivity (Wildman–Crippen MR) is 55.0 cm³/mol. The van der Waals surface area contributed by atoms with Crippen LogP contribution in [-0.2, 0) is 0 Å². The number of nitrogens with zero attached hydrogens (tertiary/aromatic N) is 2. The van der Waals surface area contributed by atoms with E-state index in [1.807, 2.05) is 0 Å². The molecular weight excluding hydrogens is 166 g/mol. The molecule has 0 saturated heterocycles. The van der Waals surface area contributed by atoms with Gasteiger partial charge in [-0.1, -0.05) is 19.0 Å². The molecule has 0 aromatic carbocycles. The Labute approximate surface area is 80.4 Å². The Bertz CT molecular complexity index is 142. The van der Waals surface area contributed by atoms with Gasteiger partial charge in [0.1, 0.15) is 5.84 Å². The van der Waals surface area contributed by atoms with E-state index in [1.54, 1.807) is 0 Å². The average molecular weight is 187 g/mol. The van der Waals surface area contributed by atoms with Crippen LogP contribution in [0.3, 0.4) is 0 Å². The van der Waals surface area contributed by atoms with Gasteiger partial charge in [0.25, 0.3) is 0 Å². The zero-order valence-corrected chi connectivity index (χ0v) is 8.66. The third kappa shape index (κ3) is 6.40. The van der Waals surface area contributed by atoms with Crippen molar-refractivity contribution in [2.24, 2.45) is 10.9 Å². The monoisotopic (exact) mass is 187 g/mol. The fraction of sp³-hybridized carbons (Fsp3) is 0.889. The van der Waals surface area contributed by atoms with Crippen molar-refractivity contribution in [3.8, 4) is 0 Å². The van der Waals surface area contributed by atoms with Crippen LogP contribution >= 0.6 is 0 Å². The number of rotatable bonds is 7. The van der Waals surface area contributed by atoms with E-state index < -0.39 is 0 Å². The fourth-order valence-corrected chi connectivity index (χ4v) is 1.29. The highest BCUT2D eigenvalue weighted by Crippen LogP contribution is 1.95. The molecule has 0 bridgehead atoms. The van der Waals surface area contributed by atoms with Gasteiger partial charge in [-0.05, 0) is 25.9 Å². The van der Waals surface area contributed by atoms with Crippen LogP contribution in [0, 0.1) is 0 Å². The molecule has 0 aliphatic rings. The third-order valence-corrected chi connectivity index (χ3v) is 1.89. The standard InChI is InChI=1S/C9H21N3O/c1-3-6-12(7-4-2)8-5-9(10)11-13/h13H,3-8H2,1-2H3,(H2,10,11). The summed E-state index contributed by atoms with van der Waals surface area (Å²) in [4.78, 5) is 2.33. The molecule has 0 unspecified atom stereocenters. The Morgan fingerprint density at radius 1 is 1.23 bits per heavy atom. The summed E-state index contributed by atoms with van der Waals surface area (Å²) in [5.74, 6) is 0.317. The molecule has 0 aliphatic carbocycles. The minimum Gasteiger partial charge on any atom is -0.409 e. The van der Waals surface area contributed by atoms with Gasteiger partial charge in [-0.2, -0.15) is 0 Å². The van der Waals surface area contributed by atoms with Crippen LogP contribution in [0.2, 0.25) is 0 Å². The molecule has 0 radical (unpaired) electrons. The summed E-state index contributed by atoms with van der Waals surface area (Å²) in [5, 5.41) is 11.3. The second-order valence-electron chi connectivity index (χ2n) is 3.18. The van der Waals surface area contributed by atoms with Gasteiger partial charge < -0.3 is 15.8 Å². The molecule has 0 aliphatic heterocycles. The van der Waals surface area contributed by atoms with Crippen LogP contribution in [0.4, 0.5) is 0 Å². The molecule has 0 spiro atoms. The van der Waals surface area contributed by atoms with E-state index in [-0.39, 0.29) is 0 Å². The number of amidine groups is 1. The molecule has 4 heteroatoms. The molecule has 13 heavy (non-hydrogen) atoms. The van der Waals surface area contributed by atoms with E-state index in [0.29, 0.717) is 12.3 Å². The van der Waals surface area contributed by atoms with E-state index in [1.165, 1.54) is 0 Å². The molecule has 78 valence electrons. The third-order valence-electron chi connectivity index (χ3n) is 1.89. The minimum atomic E-state index is 0.317. The van der Waals surface area contributed by atoms with Crippen molar-refractivity contribution < 1.29 is 5.21 Å². The van der Waals surface area contributed by atoms with Gasteiger partial charge in [0, 0.05) is 13.0 Å². The number of oxime groups is 1. The van der Waals surface area contributed by atoms with Gasteiger partial charge in [0.05, 0.1) is 0 Å². The minimum absolute atomic E-state index is 0.317. The normalized spacial score (nSPS) is 12.4. The molecule has 0 atom stereocenters. The highest BCUT2D eigenvalue weighted by Gasteiger charge is 2.03. The number of hydrogen-bond donors (Lipinski definition) is 2. The van der Waals surface area contributed by atoms with Crippen molar-refractivity contribution in [2.75, 3.05) is 19.6 Å². The van der Waals surface area contributed by atoms with E-state index in [9.17, 15) is 0 Å². The molecule has 0 fully saturated rings. The van der Waals surface area contributed by atoms with Crippen LogP contribution in [0.1, 0.15) is 33.1 Å². The summed E-state index contributed by atoms with van der Waals surface area (Å²) in [5.41, 5.74) is 5.39. The highest BCUT2D eigenvalue weighted by molar-refractivity contribution is 5.79. The van der Waals surface area contributed by atoms with Gasteiger partial charge in [-0.25, -0.2) is 0 Å². The Morgan fingerprint density at radius 2 is 1.77 bits per heavy atom. The summed E-state index contributed by atoms with van der Waals surface area (Å²) < 4.78 is 0. The molecule has 0 rings (SSSR count). The summed E-state index contributed by atoms with van der Waals surface area (Å²) in [6, 6.07) is 0. The first-order valence-corrected chi connectivity index (χ1v) is 4.93. The van der Waals surface area contributed by atoms with Gasteiger partial charge in [0.2, 0.25) is 0 Å². The van der Waals surface area contributed by atoms with E-state index in [0.717, 1.165) is 32.5 Å². The Balaban J connectivity index is 3.67. The van der Waals surface area contributed by atoms with E-state index >= 15 is 0 Å². The van der Waals surface area contributed by atoms with Gasteiger partial charge in [0.15, 0.2) is 0 Å². The molecule has 4 nitrogen and oxygen atoms in total. The maximum absolute atomic E-state index is 8.35. The molecule has 0 aromatic rings. The SMILES string of the molecule is CCCN(CCC)CC/C(N)=N/O. The van der Waals surface area contributed by atoms with Crippen molar-refractivity contribution in [1.82, 2.24) is 4.90 Å². The number of nitrogens with two attached hydrogens (primary N) is 1. The summed E-state index contributed by atoms with van der Waals surface area (Å²) in [6.45, 7) is 7.38. The predicted octanol–water partition coefficient (Wildman–Crippen LogP) is 1.24. The van der Waals surface area contributed by atoms with Crippen LogP contribution in [0.15, 0.2) is 5.16 Å². The first kappa shape index (κ1) is 12.2. The quantitative estimate of drug-likeness (QED) is 0.273. The fourth-order valence-electron chi connectivity index (χ4n) is 1.29. The van der Waals surface area contributed by atoms with Crippen molar-refractivity contribution in [1.29, 1.82) is 0 Å². The first-order chi connectivity index (χ1) is 6.24. The lowest BCUT2D eigenvalue weighted by atomic mass is 10.3. The molecular formula is C9H21N3O. The zero-order chi connectivity index (χ0) is 10.1. The second-order valence-corrected chi connectivity index (χ2v) is 3.18. The lowest BCUT2D eigenvalue weighted by Gasteiger charge is -2.20. The van der Waals surface area contributed by atoms with Crippen LogP contribution in [-0.4, -0.2) is 35.6 Å². The zero-order valence-electron chi connectivity index (χ0n) is 8.66. The Morgan fingerprint density at radius 3 is 2.15 bits per heavy atom. The summed E-state index contributed by atoms with van der Waals surface area (Å²) in [7, 11) is 0. The second kappa shape index (κ2) is 7.86. The Hall–Kier alpha value is -0.770. The van der Waals surface area contributed by atoms with Crippen molar-refractivity contribution >= 4 is 5.84 Å². The van der Waals surface area contributed by atoms with Gasteiger partial charge >= 0.3 is 0 Å². The van der Waals surface area contributed by atoms with Crippen LogP contribution < -0.4 is 5.73 Å².